The predicted octanol–water partition coefficient (Wildman–Crippen LogP) is 2.30. The lowest BCUT2D eigenvalue weighted by Gasteiger charge is -1.89. The fourth-order valence-corrected chi connectivity index (χ4v) is 2.01. The van der Waals surface area contributed by atoms with E-state index in [-0.39, 0.29) is 11.4 Å². The summed E-state index contributed by atoms with van der Waals surface area (Å²) in [6.07, 6.45) is 0. The Morgan fingerprint density at radius 3 is 2.53 bits per heavy atom. The predicted molar refractivity (Wildman–Crippen MR) is 73.4 cm³/mol. The number of anilines is 1. The van der Waals surface area contributed by atoms with Crippen LogP contribution in [0, 0.1) is 0 Å². The average molecular weight is 277 g/mol. The molecule has 3 rings (SSSR count). The molecule has 5 N–H and O–H groups in total. The first-order valence-corrected chi connectivity index (χ1v) is 6.14. The molecule has 0 fully saturated rings. The van der Waals surface area contributed by atoms with Crippen molar-refractivity contribution < 1.29 is 15.0 Å². The van der Waals surface area contributed by atoms with Crippen LogP contribution in [-0.4, -0.2) is 26.2 Å². The van der Waals surface area contributed by atoms with Gasteiger partial charge in [-0.3, -0.25) is 0 Å². The summed E-state index contributed by atoms with van der Waals surface area (Å²) in [4.78, 5) is 17.0. The number of thiazole rings is 1. The van der Waals surface area contributed by atoms with Gasteiger partial charge in [-0.15, -0.1) is 11.3 Å². The number of nitrogen functional groups attached to an aromatic ring is 1. The number of nitrogens with one attached hydrogen (secondary N) is 1. The van der Waals surface area contributed by atoms with Gasteiger partial charge in [0.25, 0.3) is 0 Å². The van der Waals surface area contributed by atoms with Gasteiger partial charge < -0.3 is 20.9 Å². The molecule has 3 aromatic rings. The number of hydrogen-bond acceptors (Lipinski definition) is 5. The quantitative estimate of drug-likeness (QED) is 0.402. The minimum absolute atomic E-state index is 0.194. The van der Waals surface area contributed by atoms with Gasteiger partial charge in [-0.05, 0) is 30.3 Å². The number of aromatic hydroxyl groups is 1. The lowest BCUT2D eigenvalue weighted by Crippen LogP contribution is -1.94. The van der Waals surface area contributed by atoms with Gasteiger partial charge in [0.15, 0.2) is 0 Å². The number of aromatic carboxylic acids is 1. The molecule has 0 bridgehead atoms. The number of nitrogens with two attached hydrogens (primary N) is 1. The first kappa shape index (κ1) is 12.9. The largest absolute Gasteiger partial charge is 0.508 e. The number of nitrogens with zero attached hydrogens (tertiary/aromatic N) is 1. The molecule has 0 unspecified atom stereocenters. The molecule has 98 valence electrons. The molecule has 0 aliphatic rings. The summed E-state index contributed by atoms with van der Waals surface area (Å²) in [5.41, 5.74) is 8.50. The molecule has 2 aromatic heterocycles. The Morgan fingerprint density at radius 2 is 2.00 bits per heavy atom. The highest BCUT2D eigenvalue weighted by atomic mass is 32.1. The number of phenolic OH excluding ortho intramolecular Hbond substituents is 1. The van der Waals surface area contributed by atoms with E-state index in [0.717, 1.165) is 4.70 Å². The van der Waals surface area contributed by atoms with Crippen LogP contribution in [0.25, 0.3) is 10.3 Å². The van der Waals surface area contributed by atoms with E-state index in [1.165, 1.54) is 11.3 Å². The SMILES string of the molecule is Nc1ccc(O)cc1.O=C(O)c1cc2scnc2[nH]1. The molecular weight excluding hydrogens is 266 g/mol. The normalized spacial score (nSPS) is 9.89. The maximum atomic E-state index is 10.4. The van der Waals surface area contributed by atoms with Crippen molar-refractivity contribution in [2.75, 3.05) is 5.73 Å². The van der Waals surface area contributed by atoms with Crippen LogP contribution >= 0.6 is 11.3 Å². The Hall–Kier alpha value is -2.54. The number of carbonyl (C=O) groups is 1. The number of phenols is 1. The highest BCUT2D eigenvalue weighted by Crippen LogP contribution is 2.17. The summed E-state index contributed by atoms with van der Waals surface area (Å²) in [5, 5.41) is 17.3. The first-order chi connectivity index (χ1) is 9.06. The Morgan fingerprint density at radius 1 is 1.32 bits per heavy atom. The molecule has 0 radical (unpaired) electrons. The highest BCUT2D eigenvalue weighted by Gasteiger charge is 2.07. The van der Waals surface area contributed by atoms with E-state index in [0.29, 0.717) is 11.3 Å². The zero-order valence-electron chi connectivity index (χ0n) is 9.70. The lowest BCUT2D eigenvalue weighted by atomic mass is 10.3. The summed E-state index contributed by atoms with van der Waals surface area (Å²) in [6, 6.07) is 7.98. The fraction of sp³-hybridized carbons (Fsp3) is 0. The number of hydrogen-bond donors (Lipinski definition) is 4. The van der Waals surface area contributed by atoms with Crippen LogP contribution in [0.15, 0.2) is 35.8 Å². The number of H-pyrrole nitrogens is 1. The van der Waals surface area contributed by atoms with Crippen LogP contribution in [0.1, 0.15) is 10.5 Å². The number of carboxylic acids is 1. The maximum Gasteiger partial charge on any atom is 0.352 e. The molecular formula is C12H11N3O3S. The summed E-state index contributed by atoms with van der Waals surface area (Å²) in [5.74, 6) is -0.700. The summed E-state index contributed by atoms with van der Waals surface area (Å²) in [6.45, 7) is 0. The number of rotatable bonds is 1. The first-order valence-electron chi connectivity index (χ1n) is 5.26. The molecule has 2 heterocycles. The molecule has 0 saturated heterocycles. The monoisotopic (exact) mass is 277 g/mol. The van der Waals surface area contributed by atoms with Gasteiger partial charge in [0, 0.05) is 5.69 Å². The third kappa shape index (κ3) is 3.23. The van der Waals surface area contributed by atoms with Crippen molar-refractivity contribution in [3.05, 3.63) is 41.5 Å². The number of aromatic nitrogens is 2. The van der Waals surface area contributed by atoms with Crippen molar-refractivity contribution >= 4 is 33.3 Å². The minimum Gasteiger partial charge on any atom is -0.508 e. The van der Waals surface area contributed by atoms with Crippen LogP contribution in [0.4, 0.5) is 5.69 Å². The van der Waals surface area contributed by atoms with Crippen LogP contribution in [0.2, 0.25) is 0 Å². The van der Waals surface area contributed by atoms with Crippen molar-refractivity contribution in [3.63, 3.8) is 0 Å². The van der Waals surface area contributed by atoms with E-state index in [2.05, 4.69) is 9.97 Å². The van der Waals surface area contributed by atoms with Gasteiger partial charge in [0.05, 0.1) is 10.2 Å². The average Bonchev–Trinajstić information content (AvgIpc) is 2.94. The minimum atomic E-state index is -0.949. The second kappa shape index (κ2) is 5.40. The number of fused-ring (bicyclic) bond motifs is 1. The van der Waals surface area contributed by atoms with E-state index < -0.39 is 5.97 Å². The van der Waals surface area contributed by atoms with Crippen molar-refractivity contribution in [2.45, 2.75) is 0 Å². The maximum absolute atomic E-state index is 10.4. The zero-order valence-corrected chi connectivity index (χ0v) is 10.5. The molecule has 19 heavy (non-hydrogen) atoms. The van der Waals surface area contributed by atoms with Gasteiger partial charge in [-0.1, -0.05) is 0 Å². The second-order valence-corrected chi connectivity index (χ2v) is 4.53. The smallest absolute Gasteiger partial charge is 0.352 e. The molecule has 0 saturated carbocycles. The van der Waals surface area contributed by atoms with E-state index in [1.807, 2.05) is 0 Å². The van der Waals surface area contributed by atoms with Crippen LogP contribution in [-0.2, 0) is 0 Å². The highest BCUT2D eigenvalue weighted by molar-refractivity contribution is 7.16. The number of aromatic amines is 1. The van der Waals surface area contributed by atoms with Crippen molar-refractivity contribution in [2.24, 2.45) is 0 Å². The molecule has 0 spiro atoms. The Bertz CT molecular complexity index is 638. The van der Waals surface area contributed by atoms with E-state index in [1.54, 1.807) is 35.8 Å². The van der Waals surface area contributed by atoms with Crippen LogP contribution < -0.4 is 5.73 Å². The van der Waals surface area contributed by atoms with E-state index in [4.69, 9.17) is 15.9 Å². The Balaban J connectivity index is 0.000000148. The summed E-state index contributed by atoms with van der Waals surface area (Å²) < 4.78 is 0.877. The number of benzene rings is 1. The van der Waals surface area contributed by atoms with Crippen molar-refractivity contribution in [1.82, 2.24) is 9.97 Å². The molecule has 0 amide bonds. The fourth-order valence-electron chi connectivity index (χ4n) is 1.34. The number of carboxylic acid groups (broad SMARTS) is 1. The summed E-state index contributed by atoms with van der Waals surface area (Å²) >= 11 is 1.42. The molecule has 1 aromatic carbocycles. The zero-order chi connectivity index (χ0) is 13.8. The van der Waals surface area contributed by atoms with Crippen molar-refractivity contribution in [1.29, 1.82) is 0 Å². The van der Waals surface area contributed by atoms with Gasteiger partial charge >= 0.3 is 5.97 Å². The molecule has 0 atom stereocenters. The lowest BCUT2D eigenvalue weighted by molar-refractivity contribution is 0.0691. The van der Waals surface area contributed by atoms with Gasteiger partial charge in [-0.2, -0.15) is 0 Å². The van der Waals surface area contributed by atoms with Crippen molar-refractivity contribution in [3.8, 4) is 5.75 Å². The third-order valence-electron chi connectivity index (χ3n) is 2.25. The topological polar surface area (TPSA) is 112 Å². The van der Waals surface area contributed by atoms with Gasteiger partial charge in [0.1, 0.15) is 17.1 Å². The molecule has 0 aliphatic carbocycles. The summed E-state index contributed by atoms with van der Waals surface area (Å²) in [7, 11) is 0. The molecule has 0 aliphatic heterocycles. The Labute approximate surface area is 112 Å². The standard InChI is InChI=1S/C6H4N2O2S.C6H7NO/c9-6(10)3-1-4-5(8-3)7-2-11-4;7-5-1-3-6(8)4-2-5/h1-2,8H,(H,9,10);1-4,8H,7H2. The Kier molecular flexibility index (Phi) is 3.67. The van der Waals surface area contributed by atoms with E-state index in [9.17, 15) is 4.79 Å². The van der Waals surface area contributed by atoms with Gasteiger partial charge in [0.2, 0.25) is 0 Å². The third-order valence-corrected chi connectivity index (χ3v) is 3.02. The molecule has 7 heteroatoms. The van der Waals surface area contributed by atoms with E-state index >= 15 is 0 Å². The van der Waals surface area contributed by atoms with Gasteiger partial charge in [-0.25, -0.2) is 9.78 Å². The molecule has 6 nitrogen and oxygen atoms in total. The van der Waals surface area contributed by atoms with Crippen LogP contribution in [0.3, 0.4) is 0 Å². The van der Waals surface area contributed by atoms with Crippen LogP contribution in [0.5, 0.6) is 5.75 Å². The second-order valence-electron chi connectivity index (χ2n) is 3.64.